The lowest BCUT2D eigenvalue weighted by Crippen LogP contribution is -2.32. The van der Waals surface area contributed by atoms with Gasteiger partial charge in [-0.15, -0.1) is 0 Å². The van der Waals surface area contributed by atoms with Crippen molar-refractivity contribution in [1.29, 1.82) is 0 Å². The first-order valence-electron chi connectivity index (χ1n) is 10.2. The summed E-state index contributed by atoms with van der Waals surface area (Å²) < 4.78 is 7.24. The minimum absolute atomic E-state index is 0.114. The Hall–Kier alpha value is -3.68. The second-order valence-electron chi connectivity index (χ2n) is 7.45. The second kappa shape index (κ2) is 8.59. The van der Waals surface area contributed by atoms with Gasteiger partial charge in [0.15, 0.2) is 0 Å². The SMILES string of the molecule is COc1ccc2c(c1)nc(CCNC(=O)CCCN1C(=O)c3ccccc3C1=O)n2C. The number of carbonyl (C=O) groups is 3. The van der Waals surface area contributed by atoms with E-state index in [0.717, 1.165) is 22.6 Å². The Kier molecular flexibility index (Phi) is 5.70. The third kappa shape index (κ3) is 4.01. The number of methoxy groups -OCH3 is 1. The van der Waals surface area contributed by atoms with E-state index in [9.17, 15) is 14.4 Å². The van der Waals surface area contributed by atoms with E-state index in [1.165, 1.54) is 4.90 Å². The number of fused-ring (bicyclic) bond motifs is 2. The minimum Gasteiger partial charge on any atom is -0.497 e. The van der Waals surface area contributed by atoms with Crippen LogP contribution in [-0.4, -0.2) is 52.4 Å². The van der Waals surface area contributed by atoms with Crippen LogP contribution in [0.5, 0.6) is 5.75 Å². The number of ether oxygens (including phenoxy) is 1. The molecule has 0 radical (unpaired) electrons. The van der Waals surface area contributed by atoms with E-state index in [-0.39, 0.29) is 30.7 Å². The number of hydrogen-bond donors (Lipinski definition) is 1. The van der Waals surface area contributed by atoms with Crippen LogP contribution < -0.4 is 10.1 Å². The molecule has 0 bridgehead atoms. The van der Waals surface area contributed by atoms with Crippen LogP contribution >= 0.6 is 0 Å². The molecule has 1 aromatic heterocycles. The van der Waals surface area contributed by atoms with Crippen molar-refractivity contribution in [2.24, 2.45) is 7.05 Å². The lowest BCUT2D eigenvalue weighted by Gasteiger charge is -2.13. The van der Waals surface area contributed by atoms with Gasteiger partial charge in [0.25, 0.3) is 11.8 Å². The standard InChI is InChI=1S/C23H24N4O4/c1-26-19-10-9-15(31-2)14-18(19)25-20(26)11-12-24-21(28)8-5-13-27-22(29)16-6-3-4-7-17(16)23(27)30/h3-4,6-7,9-10,14H,5,8,11-13H2,1-2H3,(H,24,28). The molecule has 2 heterocycles. The second-order valence-corrected chi connectivity index (χ2v) is 7.45. The largest absolute Gasteiger partial charge is 0.497 e. The van der Waals surface area contributed by atoms with Crippen molar-refractivity contribution in [3.8, 4) is 5.75 Å². The zero-order valence-electron chi connectivity index (χ0n) is 17.6. The van der Waals surface area contributed by atoms with E-state index >= 15 is 0 Å². The summed E-state index contributed by atoms with van der Waals surface area (Å²) in [5.74, 6) is 0.925. The fourth-order valence-corrected chi connectivity index (χ4v) is 3.82. The number of imidazole rings is 1. The Bertz CT molecular complexity index is 1130. The Labute approximate surface area is 179 Å². The highest BCUT2D eigenvalue weighted by Gasteiger charge is 2.34. The van der Waals surface area contributed by atoms with E-state index in [4.69, 9.17) is 4.74 Å². The molecule has 2 aromatic carbocycles. The third-order valence-electron chi connectivity index (χ3n) is 5.52. The molecule has 0 atom stereocenters. The van der Waals surface area contributed by atoms with Gasteiger partial charge >= 0.3 is 0 Å². The number of hydrogen-bond acceptors (Lipinski definition) is 5. The van der Waals surface area contributed by atoms with Crippen molar-refractivity contribution in [2.45, 2.75) is 19.3 Å². The molecule has 3 aromatic rings. The van der Waals surface area contributed by atoms with Gasteiger partial charge in [-0.1, -0.05) is 12.1 Å². The van der Waals surface area contributed by atoms with Gasteiger partial charge in [0, 0.05) is 39.0 Å². The molecule has 0 unspecified atom stereocenters. The van der Waals surface area contributed by atoms with E-state index in [1.54, 1.807) is 31.4 Å². The van der Waals surface area contributed by atoms with Crippen LogP contribution in [0.4, 0.5) is 0 Å². The number of aromatic nitrogens is 2. The quantitative estimate of drug-likeness (QED) is 0.565. The zero-order chi connectivity index (χ0) is 22.0. The predicted octanol–water partition coefficient (Wildman–Crippen LogP) is 2.32. The summed E-state index contributed by atoms with van der Waals surface area (Å²) in [6.45, 7) is 0.687. The number of nitrogens with one attached hydrogen (secondary N) is 1. The molecular weight excluding hydrogens is 396 g/mol. The number of nitrogens with zero attached hydrogens (tertiary/aromatic N) is 3. The summed E-state index contributed by atoms with van der Waals surface area (Å²) in [5, 5.41) is 2.88. The van der Waals surface area contributed by atoms with Gasteiger partial charge in [-0.25, -0.2) is 4.98 Å². The van der Waals surface area contributed by atoms with Gasteiger partial charge < -0.3 is 14.6 Å². The number of aryl methyl sites for hydroxylation is 1. The molecule has 3 amide bonds. The van der Waals surface area contributed by atoms with Crippen molar-refractivity contribution in [3.05, 3.63) is 59.4 Å². The molecule has 0 fully saturated rings. The molecule has 1 aliphatic rings. The Morgan fingerprint density at radius 1 is 1.10 bits per heavy atom. The van der Waals surface area contributed by atoms with E-state index in [2.05, 4.69) is 10.3 Å². The van der Waals surface area contributed by atoms with Crippen molar-refractivity contribution in [3.63, 3.8) is 0 Å². The number of rotatable bonds is 8. The third-order valence-corrected chi connectivity index (χ3v) is 5.52. The van der Waals surface area contributed by atoms with Crippen molar-refractivity contribution in [1.82, 2.24) is 19.8 Å². The number of amides is 3. The van der Waals surface area contributed by atoms with Gasteiger partial charge in [-0.05, 0) is 30.7 Å². The lowest BCUT2D eigenvalue weighted by molar-refractivity contribution is -0.121. The van der Waals surface area contributed by atoms with Gasteiger partial charge in [0.2, 0.25) is 5.91 Å². The van der Waals surface area contributed by atoms with Crippen LogP contribution in [0.2, 0.25) is 0 Å². The van der Waals surface area contributed by atoms with Crippen molar-refractivity contribution in [2.75, 3.05) is 20.2 Å². The maximum absolute atomic E-state index is 12.3. The molecule has 0 spiro atoms. The van der Waals surface area contributed by atoms with Gasteiger partial charge in [-0.3, -0.25) is 19.3 Å². The van der Waals surface area contributed by atoms with Gasteiger partial charge in [0.1, 0.15) is 11.6 Å². The highest BCUT2D eigenvalue weighted by Crippen LogP contribution is 2.23. The van der Waals surface area contributed by atoms with Crippen LogP contribution in [0.3, 0.4) is 0 Å². The summed E-state index contributed by atoms with van der Waals surface area (Å²) in [6, 6.07) is 12.5. The zero-order valence-corrected chi connectivity index (χ0v) is 17.6. The molecule has 160 valence electrons. The molecule has 0 aliphatic carbocycles. The van der Waals surface area contributed by atoms with Gasteiger partial charge in [-0.2, -0.15) is 0 Å². The molecule has 1 aliphatic heterocycles. The maximum atomic E-state index is 12.3. The van der Waals surface area contributed by atoms with E-state index in [0.29, 0.717) is 30.5 Å². The first-order valence-corrected chi connectivity index (χ1v) is 10.2. The normalized spacial score (nSPS) is 13.0. The number of imide groups is 1. The molecule has 31 heavy (non-hydrogen) atoms. The summed E-state index contributed by atoms with van der Waals surface area (Å²) in [7, 11) is 3.57. The average molecular weight is 420 g/mol. The summed E-state index contributed by atoms with van der Waals surface area (Å²) in [5.41, 5.74) is 2.71. The minimum atomic E-state index is -0.292. The Morgan fingerprint density at radius 2 is 1.81 bits per heavy atom. The number of benzene rings is 2. The van der Waals surface area contributed by atoms with Crippen LogP contribution in [0, 0.1) is 0 Å². The predicted molar refractivity (Wildman–Crippen MR) is 115 cm³/mol. The molecular formula is C23H24N4O4. The van der Waals surface area contributed by atoms with E-state index < -0.39 is 0 Å². The summed E-state index contributed by atoms with van der Waals surface area (Å²) in [4.78, 5) is 42.7. The fourth-order valence-electron chi connectivity index (χ4n) is 3.82. The van der Waals surface area contributed by atoms with Crippen molar-refractivity contribution < 1.29 is 19.1 Å². The Morgan fingerprint density at radius 3 is 2.48 bits per heavy atom. The van der Waals surface area contributed by atoms with Crippen LogP contribution in [0.25, 0.3) is 11.0 Å². The molecule has 8 heteroatoms. The molecule has 0 saturated heterocycles. The average Bonchev–Trinajstić information content (AvgIpc) is 3.22. The molecule has 0 saturated carbocycles. The first kappa shape index (κ1) is 20.6. The first-order chi connectivity index (χ1) is 15.0. The summed E-state index contributed by atoms with van der Waals surface area (Å²) in [6.07, 6.45) is 1.26. The molecule has 4 rings (SSSR count). The highest BCUT2D eigenvalue weighted by molar-refractivity contribution is 6.21. The van der Waals surface area contributed by atoms with Gasteiger partial charge in [0.05, 0.1) is 29.3 Å². The van der Waals surface area contributed by atoms with Crippen molar-refractivity contribution >= 4 is 28.8 Å². The van der Waals surface area contributed by atoms with Crippen LogP contribution in [0.1, 0.15) is 39.4 Å². The highest BCUT2D eigenvalue weighted by atomic mass is 16.5. The van der Waals surface area contributed by atoms with Crippen LogP contribution in [-0.2, 0) is 18.3 Å². The lowest BCUT2D eigenvalue weighted by atomic mass is 10.1. The summed E-state index contributed by atoms with van der Waals surface area (Å²) >= 11 is 0. The smallest absolute Gasteiger partial charge is 0.261 e. The molecule has 1 N–H and O–H groups in total. The monoisotopic (exact) mass is 420 g/mol. The molecule has 8 nitrogen and oxygen atoms in total. The number of carbonyl (C=O) groups excluding carboxylic acids is 3. The Balaban J connectivity index is 1.24. The van der Waals surface area contributed by atoms with Crippen LogP contribution in [0.15, 0.2) is 42.5 Å². The topological polar surface area (TPSA) is 93.5 Å². The maximum Gasteiger partial charge on any atom is 0.261 e. The van der Waals surface area contributed by atoms with E-state index in [1.807, 2.05) is 29.8 Å². The fraction of sp³-hybridized carbons (Fsp3) is 0.304.